The fourth-order valence-electron chi connectivity index (χ4n) is 2.35. The van der Waals surface area contributed by atoms with Crippen molar-refractivity contribution in [2.75, 3.05) is 19.5 Å². The Morgan fingerprint density at radius 1 is 1.55 bits per heavy atom. The quantitative estimate of drug-likeness (QED) is 0.329. The maximum absolute atomic E-state index is 9.92. The van der Waals surface area contributed by atoms with Gasteiger partial charge in [-0.05, 0) is 6.26 Å². The number of aliphatic hydroxyl groups excluding tert-OH is 2. The Balaban J connectivity index is 2.19. The highest BCUT2D eigenvalue weighted by Gasteiger charge is 2.50. The fraction of sp³-hybridized carbons (Fsp3) is 0.545. The number of ether oxygens (including phenoxy) is 1. The van der Waals surface area contributed by atoms with Crippen LogP contribution in [0.5, 0.6) is 0 Å². The van der Waals surface area contributed by atoms with E-state index in [-0.39, 0.29) is 17.1 Å². The van der Waals surface area contributed by atoms with Crippen molar-refractivity contribution in [3.8, 4) is 0 Å². The molecule has 108 valence electrons. The first-order valence-corrected chi connectivity index (χ1v) is 8.40. The van der Waals surface area contributed by atoms with Gasteiger partial charge in [0.1, 0.15) is 16.9 Å². The monoisotopic (exact) mass is 408 g/mol. The molecule has 0 aromatic carbocycles. The van der Waals surface area contributed by atoms with Gasteiger partial charge in [0.05, 0.1) is 29.6 Å². The highest BCUT2D eigenvalue weighted by molar-refractivity contribution is 14.1. The molecule has 1 aliphatic rings. The molecule has 2 N–H and O–H groups in total. The van der Waals surface area contributed by atoms with E-state index in [1.165, 1.54) is 18.1 Å². The Morgan fingerprint density at radius 3 is 2.95 bits per heavy atom. The average Bonchev–Trinajstić information content (AvgIpc) is 3.03. The van der Waals surface area contributed by atoms with Crippen molar-refractivity contribution in [1.29, 1.82) is 0 Å². The highest BCUT2D eigenvalue weighted by Crippen LogP contribution is 2.38. The molecule has 0 saturated carbocycles. The van der Waals surface area contributed by atoms with Gasteiger partial charge in [0.2, 0.25) is 0 Å². The molecule has 1 saturated heterocycles. The van der Waals surface area contributed by atoms with Gasteiger partial charge < -0.3 is 14.9 Å². The van der Waals surface area contributed by atoms with Gasteiger partial charge in [-0.3, -0.25) is 4.57 Å². The van der Waals surface area contributed by atoms with Crippen molar-refractivity contribution in [1.82, 2.24) is 19.5 Å². The third-order valence-corrected chi connectivity index (χ3v) is 5.89. The third kappa shape index (κ3) is 1.95. The van der Waals surface area contributed by atoms with Crippen LogP contribution in [0.4, 0.5) is 0 Å². The Hall–Kier alpha value is -0.490. The number of hydrogen-bond donors (Lipinski definition) is 2. The zero-order valence-corrected chi connectivity index (χ0v) is 13.6. The maximum Gasteiger partial charge on any atom is 0.184 e. The minimum atomic E-state index is -1.04. The van der Waals surface area contributed by atoms with E-state index >= 15 is 0 Å². The van der Waals surface area contributed by atoms with E-state index in [4.69, 9.17) is 4.74 Å². The maximum atomic E-state index is 9.92. The molecule has 20 heavy (non-hydrogen) atoms. The molecule has 0 spiro atoms. The summed E-state index contributed by atoms with van der Waals surface area (Å²) >= 11 is 3.57. The Morgan fingerprint density at radius 2 is 2.35 bits per heavy atom. The van der Waals surface area contributed by atoms with Crippen molar-refractivity contribution in [3.05, 3.63) is 12.7 Å². The molecule has 3 atom stereocenters. The summed E-state index contributed by atoms with van der Waals surface area (Å²) in [7, 11) is 0. The number of aliphatic hydroxyl groups is 2. The van der Waals surface area contributed by atoms with Crippen molar-refractivity contribution in [2.45, 2.75) is 20.8 Å². The van der Waals surface area contributed by atoms with Gasteiger partial charge >= 0.3 is 0 Å². The van der Waals surface area contributed by atoms with Crippen LogP contribution in [0.15, 0.2) is 17.7 Å². The van der Waals surface area contributed by atoms with Gasteiger partial charge in [0, 0.05) is 0 Å². The first kappa shape index (κ1) is 14.4. The molecule has 3 rings (SSSR count). The lowest BCUT2D eigenvalue weighted by Gasteiger charge is -2.31. The molecule has 0 bridgehead atoms. The van der Waals surface area contributed by atoms with Crippen molar-refractivity contribution in [3.63, 3.8) is 0 Å². The van der Waals surface area contributed by atoms with E-state index in [1.807, 2.05) is 6.26 Å². The van der Waals surface area contributed by atoms with Gasteiger partial charge in [-0.1, -0.05) is 22.6 Å². The summed E-state index contributed by atoms with van der Waals surface area (Å²) < 4.78 is 7.08. The zero-order valence-electron chi connectivity index (χ0n) is 10.6. The number of fused-ring (bicyclic) bond motifs is 1. The van der Waals surface area contributed by atoms with Crippen LogP contribution < -0.4 is 0 Å². The van der Waals surface area contributed by atoms with Crippen molar-refractivity contribution >= 4 is 45.5 Å². The molecular formula is C11H13IN4O3S. The predicted molar refractivity (Wildman–Crippen MR) is 81.9 cm³/mol. The highest BCUT2D eigenvalue weighted by atomic mass is 127. The summed E-state index contributed by atoms with van der Waals surface area (Å²) in [6.45, 7) is -0.0873. The normalized spacial score (nSPS) is 30.2. The standard InChI is InChI=1S/C11H13IN4O3S/c1-20-10-7-9(13-4-14-10)16(5-15-7)11(3-17)8(12)6(18)2-19-11/h4-6,8,17-18H,2-3H2,1H3/t6-,8+,11-/m0/s1. The van der Waals surface area contributed by atoms with Crippen LogP contribution in [0.3, 0.4) is 0 Å². The van der Waals surface area contributed by atoms with E-state index in [0.717, 1.165) is 5.03 Å². The molecule has 0 unspecified atom stereocenters. The van der Waals surface area contributed by atoms with Crippen LogP contribution in [-0.2, 0) is 10.5 Å². The van der Waals surface area contributed by atoms with Crippen LogP contribution in [0.1, 0.15) is 0 Å². The second-order valence-corrected chi connectivity index (χ2v) is 6.59. The van der Waals surface area contributed by atoms with Crippen LogP contribution in [0.25, 0.3) is 11.2 Å². The first-order chi connectivity index (χ1) is 9.64. The fourth-order valence-corrected chi connectivity index (χ4v) is 3.72. The summed E-state index contributed by atoms with van der Waals surface area (Å²) in [6, 6.07) is 0. The molecule has 3 heterocycles. The molecular weight excluding hydrogens is 395 g/mol. The van der Waals surface area contributed by atoms with Crippen LogP contribution >= 0.6 is 34.4 Å². The Labute approximate surface area is 132 Å². The number of halogens is 1. The van der Waals surface area contributed by atoms with Gasteiger partial charge in [0.25, 0.3) is 0 Å². The molecule has 0 radical (unpaired) electrons. The van der Waals surface area contributed by atoms with E-state index in [1.54, 1.807) is 10.9 Å². The minimum Gasteiger partial charge on any atom is -0.391 e. The Bertz CT molecular complexity index is 639. The summed E-state index contributed by atoms with van der Waals surface area (Å²) in [6.07, 6.45) is 4.32. The average molecular weight is 408 g/mol. The number of aromatic nitrogens is 4. The second kappa shape index (κ2) is 5.37. The topological polar surface area (TPSA) is 93.3 Å². The molecule has 2 aromatic heterocycles. The molecule has 9 heteroatoms. The summed E-state index contributed by atoms with van der Waals surface area (Å²) in [5, 5.41) is 20.5. The van der Waals surface area contributed by atoms with E-state index in [0.29, 0.717) is 11.2 Å². The van der Waals surface area contributed by atoms with Crippen LogP contribution in [-0.4, -0.2) is 59.2 Å². The molecule has 0 aliphatic carbocycles. The lowest BCUT2D eigenvalue weighted by molar-refractivity contribution is -0.0918. The molecule has 0 amide bonds. The smallest absolute Gasteiger partial charge is 0.184 e. The number of nitrogens with zero attached hydrogens (tertiary/aromatic N) is 4. The SMILES string of the molecule is CSc1ncnc2c1ncn2[C@@]1(CO)OC[C@H](O)[C@H]1I. The van der Waals surface area contributed by atoms with Crippen molar-refractivity contribution in [2.24, 2.45) is 0 Å². The molecule has 1 fully saturated rings. The molecule has 1 aliphatic heterocycles. The van der Waals surface area contributed by atoms with E-state index < -0.39 is 11.8 Å². The van der Waals surface area contributed by atoms with Gasteiger partial charge in [-0.2, -0.15) is 0 Å². The van der Waals surface area contributed by atoms with Gasteiger partial charge in [-0.25, -0.2) is 15.0 Å². The number of alkyl halides is 1. The third-order valence-electron chi connectivity index (χ3n) is 3.40. The van der Waals surface area contributed by atoms with Gasteiger partial charge in [-0.15, -0.1) is 11.8 Å². The lowest BCUT2D eigenvalue weighted by Crippen LogP contribution is -2.45. The number of imidazole rings is 1. The van der Waals surface area contributed by atoms with Gasteiger partial charge in [0.15, 0.2) is 11.4 Å². The summed E-state index contributed by atoms with van der Waals surface area (Å²) in [4.78, 5) is 12.7. The number of hydrogen-bond acceptors (Lipinski definition) is 7. The van der Waals surface area contributed by atoms with Crippen molar-refractivity contribution < 1.29 is 14.9 Å². The lowest BCUT2D eigenvalue weighted by atomic mass is 10.1. The van der Waals surface area contributed by atoms with Crippen LogP contribution in [0, 0.1) is 0 Å². The Kier molecular flexibility index (Phi) is 3.88. The molecule has 7 nitrogen and oxygen atoms in total. The second-order valence-electron chi connectivity index (χ2n) is 4.45. The van der Waals surface area contributed by atoms with E-state index in [9.17, 15) is 10.2 Å². The number of rotatable bonds is 3. The molecule has 2 aromatic rings. The van der Waals surface area contributed by atoms with Crippen LogP contribution in [0.2, 0.25) is 0 Å². The zero-order chi connectivity index (χ0) is 14.3. The number of thioether (sulfide) groups is 1. The summed E-state index contributed by atoms with van der Waals surface area (Å²) in [5.41, 5.74) is 0.217. The summed E-state index contributed by atoms with van der Waals surface area (Å²) in [5.74, 6) is 0. The predicted octanol–water partition coefficient (Wildman–Crippen LogP) is 0.388. The first-order valence-electron chi connectivity index (χ1n) is 5.93. The largest absolute Gasteiger partial charge is 0.391 e. The van der Waals surface area contributed by atoms with E-state index in [2.05, 4.69) is 37.5 Å². The minimum absolute atomic E-state index is 0.175.